The number of alkyl halides is 1. The van der Waals surface area contributed by atoms with Gasteiger partial charge in [-0.05, 0) is 24.1 Å². The van der Waals surface area contributed by atoms with Crippen LogP contribution in [0.25, 0.3) is 0 Å². The molecule has 0 aromatic heterocycles. The van der Waals surface area contributed by atoms with Crippen LogP contribution in [-0.4, -0.2) is 25.8 Å². The summed E-state index contributed by atoms with van der Waals surface area (Å²) in [5, 5.41) is 0. The Labute approximate surface area is 116 Å². The Morgan fingerprint density at radius 2 is 2.35 bits per heavy atom. The standard InChI is InChI=1S/C13H17BrClNO/c1-2-12-9-16(5-6-17-12)13-7-11(14)4-3-10(13)8-15/h3-4,7,12H,2,5-6,8-9H2,1H3. The van der Waals surface area contributed by atoms with Gasteiger partial charge in [0.25, 0.3) is 0 Å². The van der Waals surface area contributed by atoms with Gasteiger partial charge >= 0.3 is 0 Å². The summed E-state index contributed by atoms with van der Waals surface area (Å²) in [6.45, 7) is 4.86. The van der Waals surface area contributed by atoms with Crippen LogP contribution < -0.4 is 4.90 Å². The fourth-order valence-electron chi connectivity index (χ4n) is 2.13. The molecule has 0 spiro atoms. The van der Waals surface area contributed by atoms with Gasteiger partial charge in [0.05, 0.1) is 12.7 Å². The van der Waals surface area contributed by atoms with Crippen molar-refractivity contribution in [2.75, 3.05) is 24.6 Å². The molecule has 17 heavy (non-hydrogen) atoms. The van der Waals surface area contributed by atoms with E-state index in [9.17, 15) is 0 Å². The number of morpholine rings is 1. The van der Waals surface area contributed by atoms with Gasteiger partial charge in [0.15, 0.2) is 0 Å². The fraction of sp³-hybridized carbons (Fsp3) is 0.538. The minimum Gasteiger partial charge on any atom is -0.375 e. The average Bonchev–Trinajstić information content (AvgIpc) is 2.39. The average molecular weight is 319 g/mol. The number of rotatable bonds is 3. The first-order chi connectivity index (χ1) is 8.24. The maximum absolute atomic E-state index is 6.00. The van der Waals surface area contributed by atoms with Gasteiger partial charge in [-0.1, -0.05) is 28.9 Å². The zero-order valence-corrected chi connectivity index (χ0v) is 12.3. The molecule has 2 nitrogen and oxygen atoms in total. The normalized spacial score (nSPS) is 20.6. The summed E-state index contributed by atoms with van der Waals surface area (Å²) in [5.41, 5.74) is 2.42. The molecule has 1 fully saturated rings. The van der Waals surface area contributed by atoms with Crippen LogP contribution >= 0.6 is 27.5 Å². The summed E-state index contributed by atoms with van der Waals surface area (Å²) < 4.78 is 6.79. The lowest BCUT2D eigenvalue weighted by atomic mass is 10.1. The maximum atomic E-state index is 6.00. The summed E-state index contributed by atoms with van der Waals surface area (Å²) in [5.74, 6) is 0.552. The van der Waals surface area contributed by atoms with Crippen LogP contribution in [0, 0.1) is 0 Å². The van der Waals surface area contributed by atoms with Crippen molar-refractivity contribution < 1.29 is 4.74 Å². The summed E-state index contributed by atoms with van der Waals surface area (Å²) in [6.07, 6.45) is 1.40. The molecule has 0 bridgehead atoms. The highest BCUT2D eigenvalue weighted by atomic mass is 79.9. The molecule has 1 atom stereocenters. The van der Waals surface area contributed by atoms with E-state index in [1.54, 1.807) is 0 Å². The van der Waals surface area contributed by atoms with E-state index in [4.69, 9.17) is 16.3 Å². The van der Waals surface area contributed by atoms with Crippen LogP contribution in [0.4, 0.5) is 5.69 Å². The lowest BCUT2D eigenvalue weighted by molar-refractivity contribution is 0.0384. The number of nitrogens with zero attached hydrogens (tertiary/aromatic N) is 1. The molecule has 0 aliphatic carbocycles. The number of hydrogen-bond acceptors (Lipinski definition) is 2. The Morgan fingerprint density at radius 3 is 3.06 bits per heavy atom. The van der Waals surface area contributed by atoms with Gasteiger partial charge < -0.3 is 9.64 Å². The molecular formula is C13H17BrClNO. The molecule has 94 valence electrons. The molecule has 1 aliphatic rings. The molecule has 2 rings (SSSR count). The third-order valence-corrected chi connectivity index (χ3v) is 3.91. The largest absolute Gasteiger partial charge is 0.375 e. The van der Waals surface area contributed by atoms with E-state index < -0.39 is 0 Å². The van der Waals surface area contributed by atoms with E-state index in [0.717, 1.165) is 30.6 Å². The minimum absolute atomic E-state index is 0.339. The highest BCUT2D eigenvalue weighted by Crippen LogP contribution is 2.28. The van der Waals surface area contributed by atoms with Crippen LogP contribution in [0.2, 0.25) is 0 Å². The van der Waals surface area contributed by atoms with E-state index in [2.05, 4.69) is 39.9 Å². The highest BCUT2D eigenvalue weighted by molar-refractivity contribution is 9.10. The van der Waals surface area contributed by atoms with Gasteiger partial charge in [-0.3, -0.25) is 0 Å². The third kappa shape index (κ3) is 3.15. The molecule has 0 radical (unpaired) electrons. The van der Waals surface area contributed by atoms with Gasteiger partial charge in [-0.25, -0.2) is 0 Å². The summed E-state index contributed by atoms with van der Waals surface area (Å²) in [7, 11) is 0. The fourth-order valence-corrected chi connectivity index (χ4v) is 2.70. The predicted molar refractivity (Wildman–Crippen MR) is 75.9 cm³/mol. The van der Waals surface area contributed by atoms with Crippen LogP contribution in [0.5, 0.6) is 0 Å². The first-order valence-electron chi connectivity index (χ1n) is 5.95. The molecule has 1 saturated heterocycles. The van der Waals surface area contributed by atoms with E-state index in [-0.39, 0.29) is 0 Å². The molecule has 1 unspecified atom stereocenters. The zero-order chi connectivity index (χ0) is 12.3. The van der Waals surface area contributed by atoms with Crippen molar-refractivity contribution in [2.45, 2.75) is 25.3 Å². The van der Waals surface area contributed by atoms with Crippen molar-refractivity contribution in [3.05, 3.63) is 28.2 Å². The Kier molecular flexibility index (Phi) is 4.71. The SMILES string of the molecule is CCC1CN(c2cc(Br)ccc2CCl)CCO1. The molecule has 1 heterocycles. The minimum atomic E-state index is 0.339. The smallest absolute Gasteiger partial charge is 0.0748 e. The first-order valence-corrected chi connectivity index (χ1v) is 7.28. The first kappa shape index (κ1) is 13.2. The van der Waals surface area contributed by atoms with Crippen molar-refractivity contribution in [1.29, 1.82) is 0 Å². The van der Waals surface area contributed by atoms with E-state index in [1.165, 1.54) is 11.3 Å². The van der Waals surface area contributed by atoms with Crippen LogP contribution in [0.1, 0.15) is 18.9 Å². The molecule has 0 amide bonds. The number of benzene rings is 1. The Bertz CT molecular complexity index is 386. The van der Waals surface area contributed by atoms with Crippen molar-refractivity contribution >= 4 is 33.2 Å². The Hall–Kier alpha value is -0.250. The summed E-state index contributed by atoms with van der Waals surface area (Å²) >= 11 is 9.52. The summed E-state index contributed by atoms with van der Waals surface area (Å²) in [6, 6.07) is 6.28. The van der Waals surface area contributed by atoms with Gasteiger partial charge in [0.1, 0.15) is 0 Å². The van der Waals surface area contributed by atoms with Gasteiger partial charge in [-0.15, -0.1) is 11.6 Å². The van der Waals surface area contributed by atoms with Crippen molar-refractivity contribution in [1.82, 2.24) is 0 Å². The second-order valence-electron chi connectivity index (χ2n) is 4.25. The molecule has 4 heteroatoms. The molecular weight excluding hydrogens is 302 g/mol. The molecule has 0 N–H and O–H groups in total. The summed E-state index contributed by atoms with van der Waals surface area (Å²) in [4.78, 5) is 2.38. The van der Waals surface area contributed by atoms with Crippen LogP contribution in [-0.2, 0) is 10.6 Å². The topological polar surface area (TPSA) is 12.5 Å². The van der Waals surface area contributed by atoms with Gasteiger partial charge in [-0.2, -0.15) is 0 Å². The predicted octanol–water partition coefficient (Wildman–Crippen LogP) is 3.80. The van der Waals surface area contributed by atoms with Crippen molar-refractivity contribution in [3.63, 3.8) is 0 Å². The maximum Gasteiger partial charge on any atom is 0.0748 e. The lowest BCUT2D eigenvalue weighted by Crippen LogP contribution is -2.42. The third-order valence-electron chi connectivity index (χ3n) is 3.13. The Morgan fingerprint density at radius 1 is 1.53 bits per heavy atom. The number of hydrogen-bond donors (Lipinski definition) is 0. The molecule has 1 aromatic rings. The van der Waals surface area contributed by atoms with Crippen LogP contribution in [0.15, 0.2) is 22.7 Å². The monoisotopic (exact) mass is 317 g/mol. The molecule has 1 aromatic carbocycles. The lowest BCUT2D eigenvalue weighted by Gasteiger charge is -2.35. The van der Waals surface area contributed by atoms with Crippen molar-refractivity contribution in [2.24, 2.45) is 0 Å². The zero-order valence-electron chi connectivity index (χ0n) is 9.96. The number of halogens is 2. The van der Waals surface area contributed by atoms with Crippen molar-refractivity contribution in [3.8, 4) is 0 Å². The van der Waals surface area contributed by atoms with Gasteiger partial charge in [0, 0.05) is 29.1 Å². The van der Waals surface area contributed by atoms with E-state index in [1.807, 2.05) is 6.07 Å². The second-order valence-corrected chi connectivity index (χ2v) is 5.44. The van der Waals surface area contributed by atoms with E-state index in [0.29, 0.717) is 12.0 Å². The highest BCUT2D eigenvalue weighted by Gasteiger charge is 2.20. The molecule has 0 saturated carbocycles. The number of anilines is 1. The van der Waals surface area contributed by atoms with Crippen LogP contribution in [0.3, 0.4) is 0 Å². The van der Waals surface area contributed by atoms with E-state index >= 15 is 0 Å². The van der Waals surface area contributed by atoms with Gasteiger partial charge in [0.2, 0.25) is 0 Å². The second kappa shape index (κ2) is 6.07. The Balaban J connectivity index is 2.22. The quantitative estimate of drug-likeness (QED) is 0.786. The molecule has 1 aliphatic heterocycles. The number of ether oxygens (including phenoxy) is 1.